The fourth-order valence-electron chi connectivity index (χ4n) is 3.02. The fraction of sp³-hybridized carbons (Fsp3) is 0.533. The van der Waals surface area contributed by atoms with Crippen molar-refractivity contribution in [2.24, 2.45) is 0 Å². The van der Waals surface area contributed by atoms with Crippen molar-refractivity contribution < 1.29 is 4.79 Å². The highest BCUT2D eigenvalue weighted by atomic mass is 35.5. The van der Waals surface area contributed by atoms with Gasteiger partial charge < -0.3 is 9.88 Å². The van der Waals surface area contributed by atoms with Gasteiger partial charge in [-0.3, -0.25) is 4.79 Å². The molecular weight excluding hydrogens is 288 g/mol. The predicted molar refractivity (Wildman–Crippen MR) is 82.7 cm³/mol. The molecule has 5 nitrogen and oxygen atoms in total. The molecule has 1 saturated carbocycles. The molecule has 2 heterocycles. The van der Waals surface area contributed by atoms with Crippen molar-refractivity contribution in [3.05, 3.63) is 23.2 Å². The lowest BCUT2D eigenvalue weighted by Crippen LogP contribution is -2.27. The van der Waals surface area contributed by atoms with Crippen LogP contribution in [0.5, 0.6) is 0 Å². The van der Waals surface area contributed by atoms with Gasteiger partial charge in [0.1, 0.15) is 11.3 Å². The Labute approximate surface area is 128 Å². The molecule has 2 aromatic heterocycles. The Bertz CT molecular complexity index is 661. The summed E-state index contributed by atoms with van der Waals surface area (Å²) >= 11 is 5.93. The van der Waals surface area contributed by atoms with E-state index in [1.807, 2.05) is 13.0 Å². The normalized spacial score (nSPS) is 15.7. The minimum atomic E-state index is -0.0436. The molecule has 0 radical (unpaired) electrons. The Hall–Kier alpha value is -1.62. The van der Waals surface area contributed by atoms with Crippen molar-refractivity contribution >= 4 is 28.5 Å². The van der Waals surface area contributed by atoms with Crippen LogP contribution in [0.25, 0.3) is 11.0 Å². The maximum Gasteiger partial charge on any atom is 0.267 e. The topological polar surface area (TPSA) is 59.8 Å². The number of carbonyl (C=O) groups excluding carboxylic acids is 1. The number of halogens is 1. The summed E-state index contributed by atoms with van der Waals surface area (Å²) < 4.78 is 2.06. The van der Waals surface area contributed by atoms with Crippen LogP contribution in [0.15, 0.2) is 12.3 Å². The molecule has 1 N–H and O–H groups in total. The second-order valence-electron chi connectivity index (χ2n) is 5.51. The molecule has 1 aliphatic carbocycles. The molecule has 2 aromatic rings. The maximum absolute atomic E-state index is 12.4. The van der Waals surface area contributed by atoms with E-state index in [0.717, 1.165) is 30.3 Å². The molecule has 1 fully saturated rings. The van der Waals surface area contributed by atoms with E-state index >= 15 is 0 Å². The lowest BCUT2D eigenvalue weighted by molar-refractivity contribution is 0.0942. The summed E-state index contributed by atoms with van der Waals surface area (Å²) in [7, 11) is 0. The van der Waals surface area contributed by atoms with E-state index in [2.05, 4.69) is 19.9 Å². The van der Waals surface area contributed by atoms with Gasteiger partial charge in [0.2, 0.25) is 5.28 Å². The number of aromatic nitrogens is 3. The second-order valence-corrected chi connectivity index (χ2v) is 5.85. The Morgan fingerprint density at radius 3 is 2.95 bits per heavy atom. The summed E-state index contributed by atoms with van der Waals surface area (Å²) in [6.45, 7) is 2.72. The molecule has 0 aliphatic heterocycles. The zero-order chi connectivity index (χ0) is 14.8. The summed E-state index contributed by atoms with van der Waals surface area (Å²) in [4.78, 5) is 20.8. The SMILES string of the molecule is CCCNC(=O)c1cc2cnc(Cl)nc2n1C1CCCC1. The first kappa shape index (κ1) is 14.3. The van der Waals surface area contributed by atoms with Gasteiger partial charge in [-0.2, -0.15) is 4.98 Å². The van der Waals surface area contributed by atoms with Crippen LogP contribution in [0.1, 0.15) is 55.6 Å². The third-order valence-corrected chi connectivity index (χ3v) is 4.19. The van der Waals surface area contributed by atoms with E-state index in [9.17, 15) is 4.79 Å². The molecule has 3 rings (SSSR count). The van der Waals surface area contributed by atoms with Crippen LogP contribution >= 0.6 is 11.6 Å². The van der Waals surface area contributed by atoms with Crippen LogP contribution in [0.2, 0.25) is 5.28 Å². The Morgan fingerprint density at radius 2 is 2.24 bits per heavy atom. The number of carbonyl (C=O) groups is 1. The molecule has 0 bridgehead atoms. The Balaban J connectivity index is 2.08. The minimum Gasteiger partial charge on any atom is -0.351 e. The van der Waals surface area contributed by atoms with Crippen LogP contribution in [-0.4, -0.2) is 27.0 Å². The van der Waals surface area contributed by atoms with Crippen molar-refractivity contribution in [2.75, 3.05) is 6.54 Å². The van der Waals surface area contributed by atoms with Gasteiger partial charge in [0.25, 0.3) is 5.91 Å². The van der Waals surface area contributed by atoms with E-state index in [0.29, 0.717) is 18.3 Å². The van der Waals surface area contributed by atoms with Gasteiger partial charge in [-0.05, 0) is 36.9 Å². The largest absolute Gasteiger partial charge is 0.351 e. The average Bonchev–Trinajstić information content (AvgIpc) is 3.10. The van der Waals surface area contributed by atoms with Gasteiger partial charge in [0.05, 0.1) is 0 Å². The standard InChI is InChI=1S/C15H19ClN4O/c1-2-7-17-14(21)12-8-10-9-18-15(16)19-13(10)20(12)11-5-3-4-6-11/h8-9,11H,2-7H2,1H3,(H,17,21). The number of rotatable bonds is 4. The summed E-state index contributed by atoms with van der Waals surface area (Å²) in [6.07, 6.45) is 7.16. The smallest absolute Gasteiger partial charge is 0.267 e. The number of nitrogens with one attached hydrogen (secondary N) is 1. The summed E-state index contributed by atoms with van der Waals surface area (Å²) in [5.74, 6) is -0.0436. The van der Waals surface area contributed by atoms with E-state index in [4.69, 9.17) is 11.6 Å². The van der Waals surface area contributed by atoms with Crippen molar-refractivity contribution in [3.8, 4) is 0 Å². The van der Waals surface area contributed by atoms with E-state index in [1.54, 1.807) is 6.20 Å². The second kappa shape index (κ2) is 6.02. The molecule has 0 unspecified atom stereocenters. The highest BCUT2D eigenvalue weighted by Crippen LogP contribution is 2.34. The first-order valence-corrected chi connectivity index (χ1v) is 7.90. The van der Waals surface area contributed by atoms with Crippen LogP contribution < -0.4 is 5.32 Å². The van der Waals surface area contributed by atoms with Crippen LogP contribution in [0.4, 0.5) is 0 Å². The zero-order valence-electron chi connectivity index (χ0n) is 12.1. The van der Waals surface area contributed by atoms with Crippen molar-refractivity contribution in [1.29, 1.82) is 0 Å². The monoisotopic (exact) mass is 306 g/mol. The lowest BCUT2D eigenvalue weighted by Gasteiger charge is -2.16. The third-order valence-electron chi connectivity index (χ3n) is 4.00. The van der Waals surface area contributed by atoms with E-state index in [-0.39, 0.29) is 11.2 Å². The van der Waals surface area contributed by atoms with Crippen molar-refractivity contribution in [3.63, 3.8) is 0 Å². The molecule has 112 valence electrons. The first-order chi connectivity index (χ1) is 10.2. The first-order valence-electron chi connectivity index (χ1n) is 7.52. The van der Waals surface area contributed by atoms with Crippen LogP contribution in [0, 0.1) is 0 Å². The number of hydrogen-bond donors (Lipinski definition) is 1. The van der Waals surface area contributed by atoms with E-state index in [1.165, 1.54) is 12.8 Å². The summed E-state index contributed by atoms with van der Waals surface area (Å²) in [6, 6.07) is 2.20. The lowest BCUT2D eigenvalue weighted by atomic mass is 10.2. The molecule has 0 aromatic carbocycles. The molecular formula is C15H19ClN4O. The summed E-state index contributed by atoms with van der Waals surface area (Å²) in [5, 5.41) is 4.04. The number of fused-ring (bicyclic) bond motifs is 1. The Kier molecular flexibility index (Phi) is 4.10. The van der Waals surface area contributed by atoms with Gasteiger partial charge in [0, 0.05) is 24.2 Å². The van der Waals surface area contributed by atoms with E-state index < -0.39 is 0 Å². The molecule has 1 aliphatic rings. The third kappa shape index (κ3) is 2.75. The molecule has 0 atom stereocenters. The van der Waals surface area contributed by atoms with Gasteiger partial charge in [-0.25, -0.2) is 4.98 Å². The number of amides is 1. The number of nitrogens with zero attached hydrogens (tertiary/aromatic N) is 3. The van der Waals surface area contributed by atoms with Crippen molar-refractivity contribution in [2.45, 2.75) is 45.1 Å². The van der Waals surface area contributed by atoms with Gasteiger partial charge in [0.15, 0.2) is 0 Å². The average molecular weight is 307 g/mol. The van der Waals surface area contributed by atoms with Crippen molar-refractivity contribution in [1.82, 2.24) is 19.9 Å². The highest BCUT2D eigenvalue weighted by molar-refractivity contribution is 6.28. The van der Waals surface area contributed by atoms with Crippen LogP contribution in [-0.2, 0) is 0 Å². The maximum atomic E-state index is 12.4. The van der Waals surface area contributed by atoms with Gasteiger partial charge >= 0.3 is 0 Å². The summed E-state index contributed by atoms with van der Waals surface area (Å²) in [5.41, 5.74) is 1.44. The Morgan fingerprint density at radius 1 is 1.48 bits per heavy atom. The molecule has 21 heavy (non-hydrogen) atoms. The number of hydrogen-bond acceptors (Lipinski definition) is 3. The quantitative estimate of drug-likeness (QED) is 0.881. The van der Waals surface area contributed by atoms with Crippen LogP contribution in [0.3, 0.4) is 0 Å². The van der Waals surface area contributed by atoms with Gasteiger partial charge in [-0.1, -0.05) is 19.8 Å². The predicted octanol–water partition coefficient (Wildman–Crippen LogP) is 3.34. The molecule has 1 amide bonds. The highest BCUT2D eigenvalue weighted by Gasteiger charge is 2.25. The zero-order valence-corrected chi connectivity index (χ0v) is 12.9. The molecule has 0 saturated heterocycles. The van der Waals surface area contributed by atoms with Gasteiger partial charge in [-0.15, -0.1) is 0 Å². The minimum absolute atomic E-state index is 0.0436. The fourth-order valence-corrected chi connectivity index (χ4v) is 3.15. The molecule has 0 spiro atoms. The molecule has 6 heteroatoms.